The molecule has 1 aromatic rings. The molecular weight excluding hydrogens is 260 g/mol. The van der Waals surface area contributed by atoms with Crippen LogP contribution in [0.1, 0.15) is 48.0 Å². The van der Waals surface area contributed by atoms with Crippen molar-refractivity contribution in [1.82, 2.24) is 0 Å². The monoisotopic (exact) mass is 278 g/mol. The number of halogens is 1. The SMILES string of the molecule is Cc1cc(Cl)cc(C(=O)C2CCOC3(CCC3)C2)c1. The van der Waals surface area contributed by atoms with Gasteiger partial charge in [0.2, 0.25) is 0 Å². The minimum Gasteiger partial charge on any atom is -0.375 e. The lowest BCUT2D eigenvalue weighted by molar-refractivity contribution is -0.137. The maximum atomic E-state index is 12.6. The summed E-state index contributed by atoms with van der Waals surface area (Å²) in [5.74, 6) is 0.340. The van der Waals surface area contributed by atoms with E-state index in [1.165, 1.54) is 6.42 Å². The van der Waals surface area contributed by atoms with Crippen LogP contribution in [0.5, 0.6) is 0 Å². The molecule has 3 rings (SSSR count). The highest BCUT2D eigenvalue weighted by Gasteiger charge is 2.44. The van der Waals surface area contributed by atoms with Crippen molar-refractivity contribution in [3.63, 3.8) is 0 Å². The fourth-order valence-corrected chi connectivity index (χ4v) is 3.58. The number of carbonyl (C=O) groups excluding carboxylic acids is 1. The summed E-state index contributed by atoms with van der Waals surface area (Å²) in [5.41, 5.74) is 1.82. The Bertz CT molecular complexity index is 485. The number of Topliss-reactive ketones (excluding diaryl/α,β-unsaturated/α-hetero) is 1. The highest BCUT2D eigenvalue weighted by Crippen LogP contribution is 2.44. The molecule has 0 N–H and O–H groups in total. The third kappa shape index (κ3) is 2.56. The van der Waals surface area contributed by atoms with E-state index in [1.807, 2.05) is 19.1 Å². The highest BCUT2D eigenvalue weighted by molar-refractivity contribution is 6.31. The van der Waals surface area contributed by atoms with Crippen LogP contribution in [0.15, 0.2) is 18.2 Å². The molecule has 1 saturated heterocycles. The molecule has 2 aliphatic rings. The van der Waals surface area contributed by atoms with Crippen LogP contribution in [0.2, 0.25) is 5.02 Å². The molecule has 1 saturated carbocycles. The third-order valence-electron chi connectivity index (χ3n) is 4.46. The van der Waals surface area contributed by atoms with E-state index in [0.29, 0.717) is 5.02 Å². The quantitative estimate of drug-likeness (QED) is 0.759. The summed E-state index contributed by atoms with van der Waals surface area (Å²) in [4.78, 5) is 12.6. The maximum absolute atomic E-state index is 12.6. The van der Waals surface area contributed by atoms with Gasteiger partial charge in [-0.15, -0.1) is 0 Å². The third-order valence-corrected chi connectivity index (χ3v) is 4.67. The number of carbonyl (C=O) groups is 1. The Labute approximate surface area is 119 Å². The minimum absolute atomic E-state index is 0.0200. The number of ether oxygens (including phenoxy) is 1. The highest BCUT2D eigenvalue weighted by atomic mass is 35.5. The normalized spacial score (nSPS) is 25.1. The van der Waals surface area contributed by atoms with E-state index in [4.69, 9.17) is 16.3 Å². The zero-order valence-electron chi connectivity index (χ0n) is 11.2. The molecule has 1 atom stereocenters. The Hall–Kier alpha value is -0.860. The first-order valence-corrected chi connectivity index (χ1v) is 7.41. The van der Waals surface area contributed by atoms with Gasteiger partial charge in [0.15, 0.2) is 5.78 Å². The van der Waals surface area contributed by atoms with Gasteiger partial charge < -0.3 is 4.74 Å². The van der Waals surface area contributed by atoms with E-state index >= 15 is 0 Å². The summed E-state index contributed by atoms with van der Waals surface area (Å²) < 4.78 is 5.89. The standard InChI is InChI=1S/C16H19ClO2/c1-11-7-13(9-14(17)8-11)15(18)12-3-6-19-16(10-12)4-2-5-16/h7-9,12H,2-6,10H2,1H3. The van der Waals surface area contributed by atoms with Gasteiger partial charge in [-0.1, -0.05) is 11.6 Å². The molecule has 19 heavy (non-hydrogen) atoms. The molecule has 0 amide bonds. The van der Waals surface area contributed by atoms with Gasteiger partial charge in [-0.05, 0) is 62.8 Å². The first-order valence-electron chi connectivity index (χ1n) is 7.03. The largest absolute Gasteiger partial charge is 0.375 e. The fraction of sp³-hybridized carbons (Fsp3) is 0.562. The summed E-state index contributed by atoms with van der Waals surface area (Å²) in [6.45, 7) is 2.69. The minimum atomic E-state index is 0.0200. The number of hydrogen-bond donors (Lipinski definition) is 0. The average molecular weight is 279 g/mol. The van der Waals surface area contributed by atoms with Crippen molar-refractivity contribution in [2.24, 2.45) is 5.92 Å². The van der Waals surface area contributed by atoms with Crippen LogP contribution in [-0.4, -0.2) is 18.0 Å². The molecule has 1 aliphatic carbocycles. The number of rotatable bonds is 2. The molecule has 3 heteroatoms. The Kier molecular flexibility index (Phi) is 3.40. The molecular formula is C16H19ClO2. The van der Waals surface area contributed by atoms with Crippen molar-refractivity contribution in [2.45, 2.75) is 44.6 Å². The van der Waals surface area contributed by atoms with E-state index in [1.54, 1.807) is 6.07 Å². The zero-order valence-corrected chi connectivity index (χ0v) is 12.0. The van der Waals surface area contributed by atoms with Crippen molar-refractivity contribution in [3.05, 3.63) is 34.3 Å². The number of benzene rings is 1. The number of aryl methyl sites for hydroxylation is 1. The summed E-state index contributed by atoms with van der Waals surface area (Å²) in [6.07, 6.45) is 5.19. The Morgan fingerprint density at radius 3 is 2.79 bits per heavy atom. The molecule has 0 radical (unpaired) electrons. The summed E-state index contributed by atoms with van der Waals surface area (Å²) in [6, 6.07) is 5.62. The van der Waals surface area contributed by atoms with E-state index in [0.717, 1.165) is 43.4 Å². The topological polar surface area (TPSA) is 26.3 Å². The van der Waals surface area contributed by atoms with Crippen LogP contribution < -0.4 is 0 Å². The molecule has 0 aromatic heterocycles. The fourth-order valence-electron chi connectivity index (χ4n) is 3.29. The zero-order chi connectivity index (χ0) is 13.5. The van der Waals surface area contributed by atoms with Crippen LogP contribution in [0, 0.1) is 12.8 Å². The molecule has 2 nitrogen and oxygen atoms in total. The van der Waals surface area contributed by atoms with Crippen molar-refractivity contribution >= 4 is 17.4 Å². The second-order valence-corrected chi connectivity index (χ2v) is 6.39. The Morgan fingerprint density at radius 1 is 1.37 bits per heavy atom. The molecule has 1 aliphatic heterocycles. The van der Waals surface area contributed by atoms with Gasteiger partial charge >= 0.3 is 0 Å². The molecule has 1 aromatic carbocycles. The van der Waals surface area contributed by atoms with Gasteiger partial charge in [0.25, 0.3) is 0 Å². The lowest BCUT2D eigenvalue weighted by atomic mass is 9.70. The molecule has 1 unspecified atom stereocenters. The maximum Gasteiger partial charge on any atom is 0.166 e. The predicted molar refractivity (Wildman–Crippen MR) is 75.8 cm³/mol. The smallest absolute Gasteiger partial charge is 0.166 e. The van der Waals surface area contributed by atoms with Gasteiger partial charge in [-0.2, -0.15) is 0 Å². The number of ketones is 1. The van der Waals surface area contributed by atoms with Crippen molar-refractivity contribution in [3.8, 4) is 0 Å². The average Bonchev–Trinajstić information content (AvgIpc) is 2.35. The van der Waals surface area contributed by atoms with Crippen LogP contribution in [0.3, 0.4) is 0 Å². The molecule has 2 fully saturated rings. The van der Waals surface area contributed by atoms with Crippen molar-refractivity contribution in [1.29, 1.82) is 0 Å². The first-order chi connectivity index (χ1) is 9.08. The van der Waals surface area contributed by atoms with Crippen molar-refractivity contribution < 1.29 is 9.53 Å². The lowest BCUT2D eigenvalue weighted by Gasteiger charge is -2.46. The van der Waals surface area contributed by atoms with Gasteiger partial charge in [0.1, 0.15) is 0 Å². The Balaban J connectivity index is 1.79. The van der Waals surface area contributed by atoms with Gasteiger partial charge in [0.05, 0.1) is 5.60 Å². The molecule has 102 valence electrons. The van der Waals surface area contributed by atoms with Crippen LogP contribution >= 0.6 is 11.6 Å². The summed E-state index contributed by atoms with van der Waals surface area (Å²) in [7, 11) is 0. The molecule has 0 bridgehead atoms. The second-order valence-electron chi connectivity index (χ2n) is 5.96. The second kappa shape index (κ2) is 4.92. The Morgan fingerprint density at radius 2 is 2.16 bits per heavy atom. The van der Waals surface area contributed by atoms with Crippen LogP contribution in [0.4, 0.5) is 0 Å². The van der Waals surface area contributed by atoms with Gasteiger partial charge in [0, 0.05) is 23.1 Å². The van der Waals surface area contributed by atoms with E-state index in [9.17, 15) is 4.79 Å². The van der Waals surface area contributed by atoms with Crippen molar-refractivity contribution in [2.75, 3.05) is 6.61 Å². The van der Waals surface area contributed by atoms with E-state index in [-0.39, 0.29) is 17.3 Å². The van der Waals surface area contributed by atoms with Gasteiger partial charge in [-0.25, -0.2) is 0 Å². The lowest BCUT2D eigenvalue weighted by Crippen LogP contribution is -2.47. The van der Waals surface area contributed by atoms with E-state index in [2.05, 4.69) is 0 Å². The number of hydrogen-bond acceptors (Lipinski definition) is 2. The van der Waals surface area contributed by atoms with Crippen LogP contribution in [0.25, 0.3) is 0 Å². The van der Waals surface area contributed by atoms with E-state index < -0.39 is 0 Å². The summed E-state index contributed by atoms with van der Waals surface area (Å²) in [5, 5.41) is 0.647. The summed E-state index contributed by atoms with van der Waals surface area (Å²) >= 11 is 6.05. The molecule has 1 spiro atoms. The van der Waals surface area contributed by atoms with Gasteiger partial charge in [-0.3, -0.25) is 4.79 Å². The predicted octanol–water partition coefficient (Wildman–Crippen LogP) is 4.18. The first kappa shape index (κ1) is 13.1. The molecule has 1 heterocycles. The van der Waals surface area contributed by atoms with Crippen LogP contribution in [-0.2, 0) is 4.74 Å².